The molecule has 1 N–H and O–H groups in total. The maximum atomic E-state index is 12.6. The molecule has 0 aromatic heterocycles. The molecule has 2 rings (SSSR count). The molecule has 0 radical (unpaired) electrons. The molecule has 0 spiro atoms. The molecule has 0 saturated carbocycles. The first-order valence-corrected chi connectivity index (χ1v) is 7.35. The molecule has 2 saturated heterocycles. The maximum absolute atomic E-state index is 12.6. The second-order valence-electron chi connectivity index (χ2n) is 5.57. The van der Waals surface area contributed by atoms with E-state index in [9.17, 15) is 4.79 Å². The third-order valence-electron chi connectivity index (χ3n) is 4.36. The molecule has 2 aliphatic rings. The van der Waals surface area contributed by atoms with Crippen LogP contribution in [0.4, 0.5) is 0 Å². The van der Waals surface area contributed by atoms with Crippen LogP contribution < -0.4 is 5.32 Å². The highest BCUT2D eigenvalue weighted by Crippen LogP contribution is 2.26. The number of nitrogens with one attached hydrogen (secondary N) is 1. The van der Waals surface area contributed by atoms with Crippen LogP contribution in [0, 0.1) is 5.92 Å². The fraction of sp³-hybridized carbons (Fsp3) is 0.929. The number of carbonyl (C=O) groups excluding carboxylic acids is 1. The van der Waals surface area contributed by atoms with E-state index in [0.29, 0.717) is 12.5 Å². The van der Waals surface area contributed by atoms with E-state index in [-0.39, 0.29) is 24.2 Å². The summed E-state index contributed by atoms with van der Waals surface area (Å²) in [6, 6.07) is 0.277. The first-order chi connectivity index (χ1) is 8.69. The number of ether oxygens (including phenoxy) is 1. The molecule has 4 atom stereocenters. The van der Waals surface area contributed by atoms with E-state index in [1.165, 1.54) is 0 Å². The highest BCUT2D eigenvalue weighted by molar-refractivity contribution is 5.85. The second-order valence-corrected chi connectivity index (χ2v) is 5.57. The summed E-state index contributed by atoms with van der Waals surface area (Å²) < 4.78 is 5.54. The average molecular weight is 254 g/mol. The number of hydrogen-bond donors (Lipinski definition) is 1. The zero-order valence-electron chi connectivity index (χ0n) is 11.8. The Kier molecular flexibility index (Phi) is 4.62. The summed E-state index contributed by atoms with van der Waals surface area (Å²) in [4.78, 5) is 14.6. The van der Waals surface area contributed by atoms with Gasteiger partial charge in [0, 0.05) is 6.61 Å². The first-order valence-electron chi connectivity index (χ1n) is 7.35. The molecule has 104 valence electrons. The molecule has 18 heavy (non-hydrogen) atoms. The topological polar surface area (TPSA) is 41.6 Å². The normalized spacial score (nSPS) is 34.9. The molecule has 0 aromatic rings. The van der Waals surface area contributed by atoms with E-state index in [4.69, 9.17) is 4.74 Å². The zero-order valence-corrected chi connectivity index (χ0v) is 11.8. The Morgan fingerprint density at radius 1 is 1.50 bits per heavy atom. The van der Waals surface area contributed by atoms with Crippen LogP contribution >= 0.6 is 0 Å². The van der Waals surface area contributed by atoms with Gasteiger partial charge in [0.2, 0.25) is 5.91 Å². The molecular weight excluding hydrogens is 228 g/mol. The molecule has 4 nitrogen and oxygen atoms in total. The highest BCUT2D eigenvalue weighted by Gasteiger charge is 2.43. The predicted molar refractivity (Wildman–Crippen MR) is 71.1 cm³/mol. The van der Waals surface area contributed by atoms with Gasteiger partial charge in [-0.25, -0.2) is 0 Å². The maximum Gasteiger partial charge on any atom is 0.241 e. The minimum Gasteiger partial charge on any atom is -0.379 e. The Morgan fingerprint density at radius 2 is 2.28 bits per heavy atom. The Morgan fingerprint density at radius 3 is 2.83 bits per heavy atom. The molecule has 2 heterocycles. The van der Waals surface area contributed by atoms with E-state index in [1.807, 2.05) is 0 Å². The van der Waals surface area contributed by atoms with Crippen molar-refractivity contribution in [2.24, 2.45) is 5.92 Å². The second kappa shape index (κ2) is 6.02. The molecule has 4 heteroatoms. The van der Waals surface area contributed by atoms with Crippen LogP contribution in [0.2, 0.25) is 0 Å². The number of hydrogen-bond acceptors (Lipinski definition) is 3. The lowest BCUT2D eigenvalue weighted by Crippen LogP contribution is -2.48. The molecule has 0 aromatic carbocycles. The predicted octanol–water partition coefficient (Wildman–Crippen LogP) is 1.75. The molecular formula is C14H26N2O2. The van der Waals surface area contributed by atoms with Crippen LogP contribution in [-0.4, -0.2) is 42.3 Å². The van der Waals surface area contributed by atoms with Crippen molar-refractivity contribution >= 4 is 5.91 Å². The summed E-state index contributed by atoms with van der Waals surface area (Å²) in [5, 5.41) is 3.51. The van der Waals surface area contributed by atoms with Crippen molar-refractivity contribution in [3.05, 3.63) is 0 Å². The average Bonchev–Trinajstić information content (AvgIpc) is 2.75. The van der Waals surface area contributed by atoms with Crippen LogP contribution in [0.25, 0.3) is 0 Å². The fourth-order valence-corrected chi connectivity index (χ4v) is 3.01. The number of carbonyl (C=O) groups is 1. The van der Waals surface area contributed by atoms with Gasteiger partial charge in [-0.1, -0.05) is 27.2 Å². The van der Waals surface area contributed by atoms with E-state index in [1.54, 1.807) is 0 Å². The van der Waals surface area contributed by atoms with Gasteiger partial charge in [0.15, 0.2) is 0 Å². The summed E-state index contributed by atoms with van der Waals surface area (Å²) in [5.74, 6) is 0.688. The van der Waals surface area contributed by atoms with Gasteiger partial charge in [-0.15, -0.1) is 0 Å². The van der Waals surface area contributed by atoms with Crippen molar-refractivity contribution in [2.75, 3.05) is 13.2 Å². The standard InChI is InChI=1S/C14H26N2O2/c1-4-10(3)13-14(17)16(12(5-2)15-13)11-7-6-8-18-9-11/h10-13,15H,4-9H2,1-3H3. The van der Waals surface area contributed by atoms with E-state index in [2.05, 4.69) is 31.0 Å². The van der Waals surface area contributed by atoms with Crippen LogP contribution in [-0.2, 0) is 9.53 Å². The third kappa shape index (κ3) is 2.54. The lowest BCUT2D eigenvalue weighted by Gasteiger charge is -2.34. The summed E-state index contributed by atoms with van der Waals surface area (Å²) >= 11 is 0. The van der Waals surface area contributed by atoms with Crippen LogP contribution in [0.1, 0.15) is 46.5 Å². The Balaban J connectivity index is 2.09. The lowest BCUT2D eigenvalue weighted by molar-refractivity contribution is -0.136. The molecule has 2 fully saturated rings. The SMILES string of the molecule is CCC(C)C1NC(CC)N(C2CCCOC2)C1=O. The fourth-order valence-electron chi connectivity index (χ4n) is 3.01. The van der Waals surface area contributed by atoms with Crippen molar-refractivity contribution in [3.63, 3.8) is 0 Å². The Bertz CT molecular complexity index is 290. The number of rotatable bonds is 4. The van der Waals surface area contributed by atoms with Gasteiger partial charge in [0.05, 0.1) is 24.9 Å². The number of amides is 1. The smallest absolute Gasteiger partial charge is 0.241 e. The van der Waals surface area contributed by atoms with Crippen molar-refractivity contribution in [2.45, 2.75) is 64.7 Å². The van der Waals surface area contributed by atoms with Crippen LogP contribution in [0.3, 0.4) is 0 Å². The van der Waals surface area contributed by atoms with E-state index in [0.717, 1.165) is 32.3 Å². The summed E-state index contributed by atoms with van der Waals surface area (Å²) in [7, 11) is 0. The first kappa shape index (κ1) is 13.8. The third-order valence-corrected chi connectivity index (χ3v) is 4.36. The van der Waals surface area contributed by atoms with Crippen molar-refractivity contribution in [3.8, 4) is 0 Å². The highest BCUT2D eigenvalue weighted by atomic mass is 16.5. The minimum absolute atomic E-state index is 0.00174. The molecule has 4 unspecified atom stereocenters. The van der Waals surface area contributed by atoms with E-state index >= 15 is 0 Å². The van der Waals surface area contributed by atoms with Gasteiger partial charge in [-0.3, -0.25) is 10.1 Å². The van der Waals surface area contributed by atoms with E-state index < -0.39 is 0 Å². The molecule has 1 amide bonds. The Labute approximate surface area is 110 Å². The molecule has 2 aliphatic heterocycles. The van der Waals surface area contributed by atoms with Gasteiger partial charge >= 0.3 is 0 Å². The van der Waals surface area contributed by atoms with Crippen molar-refractivity contribution < 1.29 is 9.53 Å². The van der Waals surface area contributed by atoms with Crippen LogP contribution in [0.5, 0.6) is 0 Å². The van der Waals surface area contributed by atoms with Gasteiger partial charge in [-0.05, 0) is 25.2 Å². The van der Waals surface area contributed by atoms with Gasteiger partial charge in [0.25, 0.3) is 0 Å². The summed E-state index contributed by atoms with van der Waals surface area (Å²) in [5.41, 5.74) is 0. The molecule has 0 aliphatic carbocycles. The molecule has 0 bridgehead atoms. The zero-order chi connectivity index (χ0) is 13.1. The quantitative estimate of drug-likeness (QED) is 0.831. The number of nitrogens with zero attached hydrogens (tertiary/aromatic N) is 1. The van der Waals surface area contributed by atoms with Crippen LogP contribution in [0.15, 0.2) is 0 Å². The summed E-state index contributed by atoms with van der Waals surface area (Å²) in [6.45, 7) is 7.99. The van der Waals surface area contributed by atoms with Gasteiger partial charge in [0.1, 0.15) is 0 Å². The summed E-state index contributed by atoms with van der Waals surface area (Å²) in [6.07, 6.45) is 4.35. The monoisotopic (exact) mass is 254 g/mol. The lowest BCUT2D eigenvalue weighted by atomic mass is 9.99. The van der Waals surface area contributed by atoms with Gasteiger partial charge < -0.3 is 9.64 Å². The van der Waals surface area contributed by atoms with Crippen molar-refractivity contribution in [1.82, 2.24) is 10.2 Å². The Hall–Kier alpha value is -0.610. The van der Waals surface area contributed by atoms with Gasteiger partial charge in [-0.2, -0.15) is 0 Å². The largest absolute Gasteiger partial charge is 0.379 e. The van der Waals surface area contributed by atoms with Crippen molar-refractivity contribution in [1.29, 1.82) is 0 Å². The minimum atomic E-state index is 0.00174.